The number of rotatable bonds is 5. The van der Waals surface area contributed by atoms with Gasteiger partial charge in [0.25, 0.3) is 0 Å². The molecule has 0 fully saturated rings. The summed E-state index contributed by atoms with van der Waals surface area (Å²) in [6.45, 7) is 6.02. The van der Waals surface area contributed by atoms with E-state index in [0.29, 0.717) is 13.0 Å². The van der Waals surface area contributed by atoms with Crippen molar-refractivity contribution < 1.29 is 13.2 Å². The van der Waals surface area contributed by atoms with Gasteiger partial charge < -0.3 is 10.6 Å². The summed E-state index contributed by atoms with van der Waals surface area (Å²) in [6.07, 6.45) is -3.67. The van der Waals surface area contributed by atoms with Crippen LogP contribution in [0.4, 0.5) is 13.2 Å². The van der Waals surface area contributed by atoms with Gasteiger partial charge in [-0.1, -0.05) is 12.1 Å². The Kier molecular flexibility index (Phi) is 9.39. The second-order valence-electron chi connectivity index (χ2n) is 4.24. The van der Waals surface area contributed by atoms with Gasteiger partial charge in [0.15, 0.2) is 5.96 Å². The van der Waals surface area contributed by atoms with Crippen LogP contribution in [-0.4, -0.2) is 25.6 Å². The zero-order valence-corrected chi connectivity index (χ0v) is 14.5. The minimum absolute atomic E-state index is 0. The minimum atomic E-state index is -4.28. The van der Waals surface area contributed by atoms with Crippen LogP contribution in [0.15, 0.2) is 29.3 Å². The Morgan fingerprint density at radius 2 is 1.57 bits per heavy atom. The second kappa shape index (κ2) is 9.86. The number of hydrogen-bond acceptors (Lipinski definition) is 1. The van der Waals surface area contributed by atoms with Crippen molar-refractivity contribution in [3.05, 3.63) is 35.4 Å². The summed E-state index contributed by atoms with van der Waals surface area (Å²) in [4.78, 5) is 4.34. The lowest BCUT2D eigenvalue weighted by Crippen LogP contribution is -2.37. The molecule has 0 aliphatic heterocycles. The molecule has 0 aliphatic rings. The van der Waals surface area contributed by atoms with Gasteiger partial charge in [0.05, 0.1) is 5.56 Å². The summed E-state index contributed by atoms with van der Waals surface area (Å²) < 4.78 is 37.2. The molecule has 0 amide bonds. The van der Waals surface area contributed by atoms with Crippen molar-refractivity contribution in [2.45, 2.75) is 26.4 Å². The van der Waals surface area contributed by atoms with Crippen molar-refractivity contribution in [3.63, 3.8) is 0 Å². The highest BCUT2D eigenvalue weighted by molar-refractivity contribution is 14.0. The topological polar surface area (TPSA) is 36.4 Å². The number of nitrogens with zero attached hydrogens (tertiary/aromatic N) is 1. The molecule has 0 heterocycles. The van der Waals surface area contributed by atoms with Crippen LogP contribution in [0.1, 0.15) is 25.0 Å². The van der Waals surface area contributed by atoms with E-state index in [1.54, 1.807) is 0 Å². The van der Waals surface area contributed by atoms with Crippen LogP contribution < -0.4 is 10.6 Å². The molecule has 0 aromatic heterocycles. The smallest absolute Gasteiger partial charge is 0.357 e. The average molecular weight is 415 g/mol. The quantitative estimate of drug-likeness (QED) is 0.439. The van der Waals surface area contributed by atoms with Gasteiger partial charge in [-0.05, 0) is 38.0 Å². The first-order valence-corrected chi connectivity index (χ1v) is 6.65. The Bertz CT molecular complexity index is 422. The van der Waals surface area contributed by atoms with E-state index in [2.05, 4.69) is 15.6 Å². The highest BCUT2D eigenvalue weighted by atomic mass is 127. The van der Waals surface area contributed by atoms with E-state index in [0.717, 1.165) is 36.7 Å². The number of aliphatic imine (C=N–C) groups is 1. The second-order valence-corrected chi connectivity index (χ2v) is 4.24. The molecule has 0 aliphatic carbocycles. The summed E-state index contributed by atoms with van der Waals surface area (Å²) in [6, 6.07) is 5.21. The molecular weight excluding hydrogens is 394 g/mol. The molecule has 1 aromatic carbocycles. The molecule has 1 aromatic rings. The van der Waals surface area contributed by atoms with Gasteiger partial charge in [0, 0.05) is 19.6 Å². The number of alkyl halides is 3. The van der Waals surface area contributed by atoms with E-state index < -0.39 is 11.7 Å². The van der Waals surface area contributed by atoms with Crippen molar-refractivity contribution in [3.8, 4) is 0 Å². The predicted octanol–water partition coefficient (Wildman–Crippen LogP) is 3.44. The van der Waals surface area contributed by atoms with Crippen molar-refractivity contribution in [2.75, 3.05) is 19.6 Å². The maximum absolute atomic E-state index is 12.4. The Labute approximate surface area is 140 Å². The molecule has 0 saturated carbocycles. The molecule has 21 heavy (non-hydrogen) atoms. The lowest BCUT2D eigenvalue weighted by Gasteiger charge is -2.09. The van der Waals surface area contributed by atoms with E-state index in [1.165, 1.54) is 12.1 Å². The van der Waals surface area contributed by atoms with Crippen LogP contribution >= 0.6 is 24.0 Å². The van der Waals surface area contributed by atoms with Gasteiger partial charge in [-0.15, -0.1) is 24.0 Å². The minimum Gasteiger partial charge on any atom is -0.357 e. The Balaban J connectivity index is 0.00000400. The number of nitrogens with one attached hydrogen (secondary N) is 2. The summed E-state index contributed by atoms with van der Waals surface area (Å²) in [5.74, 6) is 0.724. The Morgan fingerprint density at radius 1 is 1.05 bits per heavy atom. The highest BCUT2D eigenvalue weighted by Gasteiger charge is 2.29. The molecule has 1 rings (SSSR count). The summed E-state index contributed by atoms with van der Waals surface area (Å²) in [5, 5.41) is 6.18. The van der Waals surface area contributed by atoms with Crippen LogP contribution in [-0.2, 0) is 12.6 Å². The molecule has 3 nitrogen and oxygen atoms in total. The molecule has 2 N–H and O–H groups in total. The first-order chi connectivity index (χ1) is 9.47. The third-order valence-electron chi connectivity index (χ3n) is 2.64. The first-order valence-electron chi connectivity index (χ1n) is 6.65. The average Bonchev–Trinajstić information content (AvgIpc) is 2.39. The fraction of sp³-hybridized carbons (Fsp3) is 0.500. The van der Waals surface area contributed by atoms with Crippen molar-refractivity contribution in [2.24, 2.45) is 4.99 Å². The highest BCUT2D eigenvalue weighted by Crippen LogP contribution is 2.29. The summed E-state index contributed by atoms with van der Waals surface area (Å²) in [5.41, 5.74) is 0.222. The molecular formula is C14H21F3IN3. The fourth-order valence-electron chi connectivity index (χ4n) is 1.67. The summed E-state index contributed by atoms with van der Waals surface area (Å²) >= 11 is 0. The van der Waals surface area contributed by atoms with Gasteiger partial charge in [-0.2, -0.15) is 13.2 Å². The van der Waals surface area contributed by atoms with Gasteiger partial charge >= 0.3 is 6.18 Å². The summed E-state index contributed by atoms with van der Waals surface area (Å²) in [7, 11) is 0. The largest absolute Gasteiger partial charge is 0.416 e. The third kappa shape index (κ3) is 7.54. The van der Waals surface area contributed by atoms with Crippen LogP contribution in [0.3, 0.4) is 0 Å². The van der Waals surface area contributed by atoms with Crippen molar-refractivity contribution in [1.29, 1.82) is 0 Å². The molecule has 0 radical (unpaired) electrons. The zero-order valence-electron chi connectivity index (χ0n) is 12.1. The molecule has 0 bridgehead atoms. The molecule has 0 saturated heterocycles. The van der Waals surface area contributed by atoms with Crippen LogP contribution in [0.2, 0.25) is 0 Å². The van der Waals surface area contributed by atoms with Gasteiger partial charge in [0.1, 0.15) is 0 Å². The van der Waals surface area contributed by atoms with E-state index in [-0.39, 0.29) is 24.0 Å². The monoisotopic (exact) mass is 415 g/mol. The molecule has 120 valence electrons. The van der Waals surface area contributed by atoms with Gasteiger partial charge in [-0.25, -0.2) is 0 Å². The number of benzene rings is 1. The lowest BCUT2D eigenvalue weighted by atomic mass is 10.1. The van der Waals surface area contributed by atoms with Gasteiger partial charge in [0.2, 0.25) is 0 Å². The number of halogens is 4. The maximum atomic E-state index is 12.4. The third-order valence-corrected chi connectivity index (χ3v) is 2.64. The predicted molar refractivity (Wildman–Crippen MR) is 90.2 cm³/mol. The first kappa shape index (κ1) is 20.0. The van der Waals surface area contributed by atoms with Crippen LogP contribution in [0, 0.1) is 0 Å². The van der Waals surface area contributed by atoms with Gasteiger partial charge in [-0.3, -0.25) is 4.99 Å². The lowest BCUT2D eigenvalue weighted by molar-refractivity contribution is -0.137. The van der Waals surface area contributed by atoms with Crippen molar-refractivity contribution >= 4 is 29.9 Å². The standard InChI is InChI=1S/C14H20F3N3.HI/c1-3-18-13(19-4-2)20-10-9-11-5-7-12(8-6-11)14(15,16)17;/h5-8H,3-4,9-10H2,1-2H3,(H2,18,19,20);1H. The van der Waals surface area contributed by atoms with Crippen LogP contribution in [0.25, 0.3) is 0 Å². The Hall–Kier alpha value is -0.990. The molecule has 0 atom stereocenters. The molecule has 7 heteroatoms. The number of guanidine groups is 1. The SMILES string of the molecule is CCNC(=NCCc1ccc(C(F)(F)F)cc1)NCC.I. The normalized spacial score (nSPS) is 10.5. The Morgan fingerprint density at radius 3 is 2.00 bits per heavy atom. The molecule has 0 unspecified atom stereocenters. The van der Waals surface area contributed by atoms with E-state index in [1.807, 2.05) is 13.8 Å². The van der Waals surface area contributed by atoms with E-state index >= 15 is 0 Å². The van der Waals surface area contributed by atoms with E-state index in [4.69, 9.17) is 0 Å². The zero-order chi connectivity index (χ0) is 15.0. The molecule has 0 spiro atoms. The maximum Gasteiger partial charge on any atom is 0.416 e. The number of hydrogen-bond donors (Lipinski definition) is 2. The fourth-order valence-corrected chi connectivity index (χ4v) is 1.67. The van der Waals surface area contributed by atoms with Crippen molar-refractivity contribution in [1.82, 2.24) is 10.6 Å². The van der Waals surface area contributed by atoms with Crippen LogP contribution in [0.5, 0.6) is 0 Å². The van der Waals surface area contributed by atoms with E-state index in [9.17, 15) is 13.2 Å².